The summed E-state index contributed by atoms with van der Waals surface area (Å²) in [5.74, 6) is 0.251. The third-order valence-corrected chi connectivity index (χ3v) is 4.11. The normalized spacial score (nSPS) is 15.0. The Morgan fingerprint density at radius 1 is 1.39 bits per heavy atom. The molecule has 3 rings (SSSR count). The number of hydrogen-bond donors (Lipinski definition) is 1. The van der Waals surface area contributed by atoms with E-state index in [0.717, 1.165) is 16.1 Å². The zero-order chi connectivity index (χ0) is 12.7. The van der Waals surface area contributed by atoms with Gasteiger partial charge in [0.25, 0.3) is 0 Å². The van der Waals surface area contributed by atoms with Gasteiger partial charge in [-0.15, -0.1) is 11.3 Å². The molecule has 1 aliphatic carbocycles. The standard InChI is InChI=1S/C13H12ClFN2S/c14-9-3-7(4-10(15)6-9)5-11-12(8-1-2-8)17-13(16)18-11/h3-4,6,8H,1-2,5H2,(H2,16,17). The number of rotatable bonds is 3. The van der Waals surface area contributed by atoms with Gasteiger partial charge >= 0.3 is 0 Å². The molecule has 2 nitrogen and oxygen atoms in total. The van der Waals surface area contributed by atoms with Gasteiger partial charge in [0.15, 0.2) is 5.13 Å². The van der Waals surface area contributed by atoms with Crippen LogP contribution >= 0.6 is 22.9 Å². The smallest absolute Gasteiger partial charge is 0.180 e. The first kappa shape index (κ1) is 11.9. The Morgan fingerprint density at radius 2 is 2.17 bits per heavy atom. The highest BCUT2D eigenvalue weighted by atomic mass is 35.5. The topological polar surface area (TPSA) is 38.9 Å². The number of hydrogen-bond acceptors (Lipinski definition) is 3. The van der Waals surface area contributed by atoms with Crippen LogP contribution in [0.1, 0.15) is 34.9 Å². The van der Waals surface area contributed by atoms with Crippen LogP contribution in [0, 0.1) is 5.82 Å². The summed E-state index contributed by atoms with van der Waals surface area (Å²) in [7, 11) is 0. The van der Waals surface area contributed by atoms with E-state index >= 15 is 0 Å². The minimum Gasteiger partial charge on any atom is -0.375 e. The summed E-state index contributed by atoms with van der Waals surface area (Å²) in [6.07, 6.45) is 3.01. The van der Waals surface area contributed by atoms with Gasteiger partial charge < -0.3 is 5.73 Å². The molecule has 1 fully saturated rings. The lowest BCUT2D eigenvalue weighted by Crippen LogP contribution is -1.92. The maximum absolute atomic E-state index is 13.3. The number of nitrogens with two attached hydrogens (primary N) is 1. The number of benzene rings is 1. The van der Waals surface area contributed by atoms with Crippen LogP contribution in [0.5, 0.6) is 0 Å². The summed E-state index contributed by atoms with van der Waals surface area (Å²) in [4.78, 5) is 5.52. The van der Waals surface area contributed by atoms with E-state index in [0.29, 0.717) is 22.5 Å². The first-order chi connectivity index (χ1) is 8.61. The lowest BCUT2D eigenvalue weighted by atomic mass is 10.1. The monoisotopic (exact) mass is 282 g/mol. The highest BCUT2D eigenvalue weighted by molar-refractivity contribution is 7.15. The number of halogens is 2. The number of aromatic nitrogens is 1. The number of nitrogen functional groups attached to an aromatic ring is 1. The Labute approximate surface area is 114 Å². The van der Waals surface area contributed by atoms with Gasteiger partial charge in [-0.05, 0) is 36.6 Å². The Morgan fingerprint density at radius 3 is 2.83 bits per heavy atom. The van der Waals surface area contributed by atoms with Crippen molar-refractivity contribution in [2.45, 2.75) is 25.2 Å². The Balaban J connectivity index is 1.91. The average Bonchev–Trinajstić information content (AvgIpc) is 3.02. The second-order valence-corrected chi connectivity index (χ2v) is 6.14. The number of anilines is 1. The first-order valence-corrected chi connectivity index (χ1v) is 7.01. The van der Waals surface area contributed by atoms with Gasteiger partial charge in [0.2, 0.25) is 0 Å². The SMILES string of the molecule is Nc1nc(C2CC2)c(Cc2cc(F)cc(Cl)c2)s1. The van der Waals surface area contributed by atoms with Crippen LogP contribution in [-0.4, -0.2) is 4.98 Å². The van der Waals surface area contributed by atoms with E-state index in [9.17, 15) is 4.39 Å². The Bertz CT molecular complexity index is 572. The summed E-state index contributed by atoms with van der Waals surface area (Å²) in [6, 6.07) is 4.61. The predicted molar refractivity (Wildman–Crippen MR) is 72.7 cm³/mol. The number of nitrogens with zero attached hydrogens (tertiary/aromatic N) is 1. The molecule has 2 N–H and O–H groups in total. The molecule has 1 aromatic heterocycles. The van der Waals surface area contributed by atoms with E-state index in [1.807, 2.05) is 0 Å². The van der Waals surface area contributed by atoms with Crippen molar-refractivity contribution in [2.24, 2.45) is 0 Å². The van der Waals surface area contributed by atoms with E-state index in [1.54, 1.807) is 6.07 Å². The maximum Gasteiger partial charge on any atom is 0.180 e. The molecule has 1 aliphatic rings. The zero-order valence-corrected chi connectivity index (χ0v) is 11.2. The third-order valence-electron chi connectivity index (χ3n) is 3.00. The molecule has 1 aromatic carbocycles. The summed E-state index contributed by atoms with van der Waals surface area (Å²) in [5, 5.41) is 1.02. The van der Waals surface area contributed by atoms with Gasteiger partial charge in [-0.1, -0.05) is 11.6 Å². The molecule has 94 valence electrons. The van der Waals surface area contributed by atoms with E-state index < -0.39 is 0 Å². The van der Waals surface area contributed by atoms with Crippen LogP contribution in [0.25, 0.3) is 0 Å². The molecule has 0 amide bonds. The van der Waals surface area contributed by atoms with Gasteiger partial charge in [0, 0.05) is 22.2 Å². The van der Waals surface area contributed by atoms with Crippen LogP contribution in [0.15, 0.2) is 18.2 Å². The van der Waals surface area contributed by atoms with Gasteiger partial charge in [-0.2, -0.15) is 0 Å². The predicted octanol–water partition coefficient (Wildman–Crippen LogP) is 3.99. The molecule has 0 unspecified atom stereocenters. The summed E-state index contributed by atoms with van der Waals surface area (Å²) in [6.45, 7) is 0. The van der Waals surface area contributed by atoms with Gasteiger partial charge in [-0.3, -0.25) is 0 Å². The van der Waals surface area contributed by atoms with E-state index in [4.69, 9.17) is 17.3 Å². The van der Waals surface area contributed by atoms with Crippen molar-refractivity contribution < 1.29 is 4.39 Å². The lowest BCUT2D eigenvalue weighted by Gasteiger charge is -2.03. The van der Waals surface area contributed by atoms with Crippen molar-refractivity contribution in [1.82, 2.24) is 4.98 Å². The minimum atomic E-state index is -0.303. The second kappa shape index (κ2) is 4.52. The third kappa shape index (κ3) is 2.49. The largest absolute Gasteiger partial charge is 0.375 e. The Kier molecular flexibility index (Phi) is 2.99. The minimum absolute atomic E-state index is 0.303. The van der Waals surface area contributed by atoms with Crippen molar-refractivity contribution in [1.29, 1.82) is 0 Å². The molecule has 0 saturated heterocycles. The average molecular weight is 283 g/mol. The zero-order valence-electron chi connectivity index (χ0n) is 9.62. The van der Waals surface area contributed by atoms with E-state index in [-0.39, 0.29) is 5.82 Å². The molecule has 1 saturated carbocycles. The van der Waals surface area contributed by atoms with E-state index in [2.05, 4.69) is 4.98 Å². The van der Waals surface area contributed by atoms with Gasteiger partial charge in [0.05, 0.1) is 5.69 Å². The molecular formula is C13H12ClFN2S. The fourth-order valence-corrected chi connectivity index (χ4v) is 3.28. The molecule has 2 aromatic rings. The van der Waals surface area contributed by atoms with Crippen LogP contribution in [-0.2, 0) is 6.42 Å². The van der Waals surface area contributed by atoms with Crippen molar-refractivity contribution in [2.75, 3.05) is 5.73 Å². The molecule has 0 bridgehead atoms. The van der Waals surface area contributed by atoms with Crippen molar-refractivity contribution in [3.05, 3.63) is 45.2 Å². The highest BCUT2D eigenvalue weighted by Gasteiger charge is 2.29. The lowest BCUT2D eigenvalue weighted by molar-refractivity contribution is 0.626. The molecule has 0 radical (unpaired) electrons. The first-order valence-electron chi connectivity index (χ1n) is 5.82. The molecule has 18 heavy (non-hydrogen) atoms. The second-order valence-electron chi connectivity index (χ2n) is 4.59. The van der Waals surface area contributed by atoms with Crippen molar-refractivity contribution in [3.8, 4) is 0 Å². The van der Waals surface area contributed by atoms with Crippen LogP contribution in [0.4, 0.5) is 9.52 Å². The van der Waals surface area contributed by atoms with Gasteiger partial charge in [-0.25, -0.2) is 9.37 Å². The quantitative estimate of drug-likeness (QED) is 0.924. The van der Waals surface area contributed by atoms with Crippen LogP contribution in [0.3, 0.4) is 0 Å². The van der Waals surface area contributed by atoms with Crippen LogP contribution < -0.4 is 5.73 Å². The number of thiazole rings is 1. The fourth-order valence-electron chi connectivity index (χ4n) is 2.08. The van der Waals surface area contributed by atoms with E-state index in [1.165, 1.54) is 36.3 Å². The molecule has 1 heterocycles. The fraction of sp³-hybridized carbons (Fsp3) is 0.308. The molecule has 0 atom stereocenters. The maximum atomic E-state index is 13.3. The summed E-state index contributed by atoms with van der Waals surface area (Å²) < 4.78 is 13.3. The molecular weight excluding hydrogens is 271 g/mol. The highest BCUT2D eigenvalue weighted by Crippen LogP contribution is 2.43. The van der Waals surface area contributed by atoms with Crippen molar-refractivity contribution in [3.63, 3.8) is 0 Å². The Hall–Kier alpha value is -1.13. The summed E-state index contributed by atoms with van der Waals surface area (Å²) in [5.41, 5.74) is 7.73. The summed E-state index contributed by atoms with van der Waals surface area (Å²) >= 11 is 7.35. The molecule has 5 heteroatoms. The van der Waals surface area contributed by atoms with Gasteiger partial charge in [0.1, 0.15) is 5.82 Å². The molecule has 0 aliphatic heterocycles. The molecule has 0 spiro atoms. The van der Waals surface area contributed by atoms with Crippen molar-refractivity contribution >= 4 is 28.1 Å². The van der Waals surface area contributed by atoms with Crippen LogP contribution in [0.2, 0.25) is 5.02 Å².